The summed E-state index contributed by atoms with van der Waals surface area (Å²) in [6.45, 7) is 2.72. The number of nitrogens with one attached hydrogen (secondary N) is 1. The van der Waals surface area contributed by atoms with Crippen LogP contribution in [0.3, 0.4) is 0 Å². The van der Waals surface area contributed by atoms with Gasteiger partial charge in [-0.1, -0.05) is 30.3 Å². The Morgan fingerprint density at radius 1 is 1.45 bits per heavy atom. The van der Waals surface area contributed by atoms with Crippen LogP contribution in [-0.2, 0) is 4.79 Å². The fourth-order valence-electron chi connectivity index (χ4n) is 1.83. The Hall–Kier alpha value is -2.01. The van der Waals surface area contributed by atoms with Gasteiger partial charge >= 0.3 is 5.97 Å². The molecule has 1 aromatic carbocycles. The van der Waals surface area contributed by atoms with Crippen molar-refractivity contribution in [2.75, 3.05) is 12.3 Å². The maximum Gasteiger partial charge on any atom is 0.328 e. The molecule has 2 N–H and O–H groups in total. The van der Waals surface area contributed by atoms with E-state index in [4.69, 9.17) is 5.11 Å². The van der Waals surface area contributed by atoms with E-state index in [1.54, 1.807) is 17.8 Å². The maximum atomic E-state index is 10.7. The first kappa shape index (κ1) is 14.4. The van der Waals surface area contributed by atoms with Gasteiger partial charge in [-0.05, 0) is 18.6 Å². The molecule has 1 heterocycles. The average molecular weight is 288 g/mol. The van der Waals surface area contributed by atoms with Crippen LogP contribution in [-0.4, -0.2) is 29.2 Å². The zero-order chi connectivity index (χ0) is 14.4. The number of thioether (sulfide) groups is 1. The molecule has 0 saturated carbocycles. The summed E-state index contributed by atoms with van der Waals surface area (Å²) in [6.07, 6.45) is 2.79. The molecule has 104 valence electrons. The number of hydrogen-bond donors (Lipinski definition) is 2. The summed E-state index contributed by atoms with van der Waals surface area (Å²) >= 11 is 1.59. The second-order valence-electron chi connectivity index (χ2n) is 4.11. The lowest BCUT2D eigenvalue weighted by molar-refractivity contribution is -0.131. The van der Waals surface area contributed by atoms with Crippen molar-refractivity contribution in [1.82, 2.24) is 5.32 Å². The van der Waals surface area contributed by atoms with Crippen LogP contribution in [0, 0.1) is 0 Å². The summed E-state index contributed by atoms with van der Waals surface area (Å²) in [5, 5.41) is 12.1. The van der Waals surface area contributed by atoms with E-state index in [0.717, 1.165) is 40.4 Å². The number of allylic oxidation sites excluding steroid dienone is 1. The molecule has 4 nitrogen and oxygen atoms in total. The molecule has 0 aliphatic carbocycles. The molecular formula is C15H16N2O2S. The molecule has 20 heavy (non-hydrogen) atoms. The summed E-state index contributed by atoms with van der Waals surface area (Å²) < 4.78 is 0. The van der Waals surface area contributed by atoms with Gasteiger partial charge in [0.05, 0.1) is 11.4 Å². The van der Waals surface area contributed by atoms with Gasteiger partial charge in [0.15, 0.2) is 0 Å². The maximum absolute atomic E-state index is 10.7. The Kier molecular flexibility index (Phi) is 5.01. The van der Waals surface area contributed by atoms with Gasteiger partial charge in [0.2, 0.25) is 0 Å². The number of carboxylic acids is 1. The van der Waals surface area contributed by atoms with E-state index in [0.29, 0.717) is 0 Å². The van der Waals surface area contributed by atoms with E-state index in [1.807, 2.05) is 37.3 Å². The largest absolute Gasteiger partial charge is 0.478 e. The van der Waals surface area contributed by atoms with E-state index in [9.17, 15) is 4.79 Å². The van der Waals surface area contributed by atoms with Crippen molar-refractivity contribution in [3.8, 4) is 0 Å². The molecule has 0 atom stereocenters. The molecule has 1 aliphatic heterocycles. The Balaban J connectivity index is 2.39. The van der Waals surface area contributed by atoms with Gasteiger partial charge in [0, 0.05) is 17.5 Å². The third-order valence-corrected chi connectivity index (χ3v) is 3.74. The highest BCUT2D eigenvalue weighted by Crippen LogP contribution is 2.30. The van der Waals surface area contributed by atoms with Gasteiger partial charge in [-0.2, -0.15) is 0 Å². The molecule has 1 aromatic rings. The predicted octanol–water partition coefficient (Wildman–Crippen LogP) is 2.75. The summed E-state index contributed by atoms with van der Waals surface area (Å²) in [5.41, 5.74) is 1.93. The van der Waals surface area contributed by atoms with Crippen LogP contribution in [0.4, 0.5) is 0 Å². The van der Waals surface area contributed by atoms with Crippen LogP contribution in [0.15, 0.2) is 52.4 Å². The van der Waals surface area contributed by atoms with Crippen LogP contribution in [0.2, 0.25) is 0 Å². The third kappa shape index (κ3) is 3.74. The lowest BCUT2D eigenvalue weighted by atomic mass is 10.1. The Morgan fingerprint density at radius 3 is 2.85 bits per heavy atom. The molecule has 0 amide bonds. The molecule has 0 unspecified atom stereocenters. The third-order valence-electron chi connectivity index (χ3n) is 2.67. The minimum atomic E-state index is -0.946. The Labute approximate surface area is 122 Å². The van der Waals surface area contributed by atoms with Crippen molar-refractivity contribution in [3.05, 3.63) is 53.0 Å². The van der Waals surface area contributed by atoms with Crippen molar-refractivity contribution in [2.45, 2.75) is 6.92 Å². The van der Waals surface area contributed by atoms with Crippen molar-refractivity contribution in [3.63, 3.8) is 0 Å². The molecule has 1 aliphatic rings. The summed E-state index contributed by atoms with van der Waals surface area (Å²) in [7, 11) is 0. The first-order valence-electron chi connectivity index (χ1n) is 6.34. The zero-order valence-corrected chi connectivity index (χ0v) is 12.0. The molecular weight excluding hydrogens is 272 g/mol. The van der Waals surface area contributed by atoms with Gasteiger partial charge in [0.1, 0.15) is 5.84 Å². The van der Waals surface area contributed by atoms with Crippen LogP contribution in [0.5, 0.6) is 0 Å². The number of amidine groups is 1. The number of carboxylic acid groups (broad SMARTS) is 1. The normalized spacial score (nSPS) is 17.6. The lowest BCUT2D eigenvalue weighted by Gasteiger charge is -2.22. The molecule has 0 fully saturated rings. The van der Waals surface area contributed by atoms with E-state index in [1.165, 1.54) is 0 Å². The highest BCUT2D eigenvalue weighted by Gasteiger charge is 2.16. The van der Waals surface area contributed by atoms with Gasteiger partial charge in [-0.15, -0.1) is 11.8 Å². The van der Waals surface area contributed by atoms with Gasteiger partial charge in [-0.3, -0.25) is 4.99 Å². The first-order chi connectivity index (χ1) is 9.70. The molecule has 0 aromatic heterocycles. The molecule has 0 radical (unpaired) electrons. The molecule has 0 bridgehead atoms. The average Bonchev–Trinajstić information content (AvgIpc) is 2.47. The number of rotatable bonds is 4. The minimum absolute atomic E-state index is 0.726. The number of nitrogens with zero attached hydrogens (tertiary/aromatic N) is 1. The Morgan fingerprint density at radius 2 is 2.20 bits per heavy atom. The van der Waals surface area contributed by atoms with Gasteiger partial charge in [-0.25, -0.2) is 4.79 Å². The smallest absolute Gasteiger partial charge is 0.328 e. The molecule has 5 heteroatoms. The number of aliphatic carboxylic acids is 1. The van der Waals surface area contributed by atoms with Crippen LogP contribution >= 0.6 is 11.8 Å². The van der Waals surface area contributed by atoms with Crippen molar-refractivity contribution < 1.29 is 9.90 Å². The van der Waals surface area contributed by atoms with E-state index >= 15 is 0 Å². The molecule has 2 rings (SSSR count). The first-order valence-corrected chi connectivity index (χ1v) is 7.33. The SMILES string of the molecule is CCN=C1CSC(/C=C/C(=O)O)=C(c2ccccc2)N1. The second kappa shape index (κ2) is 6.96. The number of carbonyl (C=O) groups is 1. The zero-order valence-electron chi connectivity index (χ0n) is 11.2. The topological polar surface area (TPSA) is 61.7 Å². The number of benzene rings is 1. The summed E-state index contributed by atoms with van der Waals surface area (Å²) in [5.74, 6) is 0.700. The minimum Gasteiger partial charge on any atom is -0.478 e. The van der Waals surface area contributed by atoms with E-state index in [-0.39, 0.29) is 0 Å². The summed E-state index contributed by atoms with van der Waals surface area (Å²) in [6, 6.07) is 9.85. The fourth-order valence-corrected chi connectivity index (χ4v) is 2.77. The predicted molar refractivity (Wildman–Crippen MR) is 83.7 cm³/mol. The van der Waals surface area contributed by atoms with Crippen molar-refractivity contribution in [1.29, 1.82) is 0 Å². The molecule has 0 spiro atoms. The Bertz CT molecular complexity index is 577. The van der Waals surface area contributed by atoms with Crippen molar-refractivity contribution >= 4 is 29.3 Å². The monoisotopic (exact) mass is 288 g/mol. The summed E-state index contributed by atoms with van der Waals surface area (Å²) in [4.78, 5) is 16.0. The van der Waals surface area contributed by atoms with Crippen LogP contribution < -0.4 is 5.32 Å². The quantitative estimate of drug-likeness (QED) is 0.836. The number of hydrogen-bond acceptors (Lipinski definition) is 3. The van der Waals surface area contributed by atoms with Crippen molar-refractivity contribution in [2.24, 2.45) is 4.99 Å². The second-order valence-corrected chi connectivity index (χ2v) is 5.13. The van der Waals surface area contributed by atoms with Crippen LogP contribution in [0.1, 0.15) is 12.5 Å². The van der Waals surface area contributed by atoms with Gasteiger partial charge < -0.3 is 10.4 Å². The lowest BCUT2D eigenvalue weighted by Crippen LogP contribution is -2.28. The fraction of sp³-hybridized carbons (Fsp3) is 0.200. The van der Waals surface area contributed by atoms with Gasteiger partial charge in [0.25, 0.3) is 0 Å². The van der Waals surface area contributed by atoms with Crippen LogP contribution in [0.25, 0.3) is 5.70 Å². The highest BCUT2D eigenvalue weighted by atomic mass is 32.2. The highest BCUT2D eigenvalue weighted by molar-refractivity contribution is 8.04. The molecule has 0 saturated heterocycles. The standard InChI is InChI=1S/C15H16N2O2S/c1-2-16-13-10-20-12(8-9-14(18)19)15(17-13)11-6-4-3-5-7-11/h3-9H,2,10H2,1H3,(H,16,17)(H,18,19)/b9-8+. The number of aliphatic imine (C=N–C) groups is 1. The van der Waals surface area contributed by atoms with E-state index in [2.05, 4.69) is 10.3 Å². The van der Waals surface area contributed by atoms with E-state index < -0.39 is 5.97 Å².